The van der Waals surface area contributed by atoms with Crippen molar-refractivity contribution in [1.82, 2.24) is 0 Å². The zero-order valence-corrected chi connectivity index (χ0v) is 9.17. The highest BCUT2D eigenvalue weighted by Crippen LogP contribution is 1.98. The summed E-state index contributed by atoms with van der Waals surface area (Å²) in [4.78, 5) is 14.3. The summed E-state index contributed by atoms with van der Waals surface area (Å²) in [5, 5.41) is 0. The summed E-state index contributed by atoms with van der Waals surface area (Å²) in [5.41, 5.74) is 0. The van der Waals surface area contributed by atoms with Gasteiger partial charge in [0.25, 0.3) is 0 Å². The maximum absolute atomic E-state index is 8.74. The number of hydrogen-bond acceptors (Lipinski definition) is 1. The summed E-state index contributed by atoms with van der Waals surface area (Å²) in [6.45, 7) is 0. The lowest BCUT2D eigenvalue weighted by Gasteiger charge is -1.61. The van der Waals surface area contributed by atoms with Crippen LogP contribution in [0.25, 0.3) is 0 Å². The van der Waals surface area contributed by atoms with Crippen molar-refractivity contribution in [3.63, 3.8) is 0 Å². The minimum absolute atomic E-state index is 0. The highest BCUT2D eigenvalue weighted by atomic mass is 79.9. The van der Waals surface area contributed by atoms with E-state index >= 15 is 0 Å². The van der Waals surface area contributed by atoms with Gasteiger partial charge in [0.15, 0.2) is 0 Å². The number of rotatable bonds is 0. The summed E-state index contributed by atoms with van der Waals surface area (Å²) in [5.74, 6) is 0. The van der Waals surface area contributed by atoms with E-state index in [0.717, 1.165) is 0 Å². The van der Waals surface area contributed by atoms with Gasteiger partial charge in [0.05, 0.1) is 0 Å². The Morgan fingerprint density at radius 1 is 1.14 bits per heavy atom. The van der Waals surface area contributed by atoms with Crippen molar-refractivity contribution >= 4 is 45.0 Å². The van der Waals surface area contributed by atoms with E-state index in [0.29, 0.717) is 0 Å². The van der Waals surface area contributed by atoms with Gasteiger partial charge in [-0.1, -0.05) is 0 Å². The molecule has 50 valence electrons. The van der Waals surface area contributed by atoms with Crippen LogP contribution in [0.1, 0.15) is 0 Å². The van der Waals surface area contributed by atoms with Gasteiger partial charge in [-0.05, 0) is 0 Å². The van der Waals surface area contributed by atoms with Crippen LogP contribution in [-0.2, 0) is 4.57 Å². The molecule has 0 fully saturated rings. The molecule has 0 bridgehead atoms. The second-order valence-electron chi connectivity index (χ2n) is 0.283. The monoisotopic (exact) mass is 230 g/mol. The number of halogens is 1. The molecule has 0 aromatic carbocycles. The van der Waals surface area contributed by atoms with Gasteiger partial charge in [-0.25, -0.2) is 0 Å². The molecule has 0 amide bonds. The molecule has 2 N–H and O–H groups in total. The first-order chi connectivity index (χ1) is 1.73. The van der Waals surface area contributed by atoms with Gasteiger partial charge in [-0.2, -0.15) is 19.8 Å². The van der Waals surface area contributed by atoms with Gasteiger partial charge >= 0.3 is 8.25 Å². The lowest BCUT2D eigenvalue weighted by Crippen LogP contribution is -1.38. The zero-order chi connectivity index (χ0) is 3.58. The molecule has 0 aliphatic heterocycles. The third kappa shape index (κ3) is 102. The van der Waals surface area contributed by atoms with E-state index in [-0.39, 0.29) is 36.8 Å². The Balaban J connectivity index is -0.0000000150. The number of hydrogen-bond donors (Lipinski definition) is 2. The van der Waals surface area contributed by atoms with Crippen molar-refractivity contribution < 1.29 is 14.4 Å². The highest BCUT2D eigenvalue weighted by Gasteiger charge is 1.61. The minimum Gasteiger partial charge on any atom is -0.326 e. The molecule has 0 saturated carbocycles. The van der Waals surface area contributed by atoms with Crippen LogP contribution in [0.5, 0.6) is 0 Å². The minimum atomic E-state index is -3.13. The van der Waals surface area contributed by atoms with Gasteiger partial charge in [-0.15, -0.1) is 17.0 Å². The third-order valence-corrected chi connectivity index (χ3v) is 0. The van der Waals surface area contributed by atoms with E-state index in [1.165, 1.54) is 0 Å². The quantitative estimate of drug-likeness (QED) is 0.579. The van der Waals surface area contributed by atoms with Crippen molar-refractivity contribution in [3.8, 4) is 0 Å². The SMILES string of the molecule is Br.O=[PH](O)O.P.P. The standard InChI is InChI=1S/BrH.H3O3P.2H3P/c;1-4(2)3;;/h1H;4H,(H2,1,2,3);2*1H3. The summed E-state index contributed by atoms with van der Waals surface area (Å²) in [7, 11) is -3.13. The van der Waals surface area contributed by atoms with E-state index in [1.807, 2.05) is 0 Å². The average Bonchev–Trinajstić information content (AvgIpc) is 0.811. The smallest absolute Gasteiger partial charge is 0.314 e. The molecule has 3 nitrogen and oxygen atoms in total. The second kappa shape index (κ2) is 15.6. The molecule has 0 aromatic heterocycles. The summed E-state index contributed by atoms with van der Waals surface area (Å²) < 4.78 is 8.74. The topological polar surface area (TPSA) is 57.5 Å². The first-order valence-corrected chi connectivity index (χ1v) is 1.95. The molecule has 2 atom stereocenters. The Morgan fingerprint density at radius 3 is 1.14 bits per heavy atom. The molecule has 0 saturated heterocycles. The van der Waals surface area contributed by atoms with Gasteiger partial charge in [0.1, 0.15) is 0 Å². The molecule has 0 spiro atoms. The van der Waals surface area contributed by atoms with Crippen molar-refractivity contribution in [3.05, 3.63) is 0 Å². The Labute approximate surface area is 59.9 Å². The molecule has 7 heavy (non-hydrogen) atoms. The Morgan fingerprint density at radius 2 is 1.14 bits per heavy atom. The van der Waals surface area contributed by atoms with Crippen LogP contribution in [0.3, 0.4) is 0 Å². The van der Waals surface area contributed by atoms with Crippen molar-refractivity contribution in [1.29, 1.82) is 0 Å². The fraction of sp³-hybridized carbons (Fsp3) is 0. The van der Waals surface area contributed by atoms with E-state index in [9.17, 15) is 0 Å². The maximum atomic E-state index is 8.74. The Bertz CT molecular complexity index is 33.2. The molecule has 2 unspecified atom stereocenters. The molecule has 0 rings (SSSR count). The molecular formula is H10BrO3P3. The predicted octanol–water partition coefficient (Wildman–Crippen LogP) is 0.0548. The van der Waals surface area contributed by atoms with Gasteiger partial charge in [0.2, 0.25) is 0 Å². The zero-order valence-electron chi connectivity index (χ0n) is 3.63. The Hall–Kier alpha value is 1.49. The van der Waals surface area contributed by atoms with Gasteiger partial charge < -0.3 is 9.79 Å². The lowest BCUT2D eigenvalue weighted by atomic mass is 15.8. The van der Waals surface area contributed by atoms with Crippen LogP contribution in [0.2, 0.25) is 0 Å². The van der Waals surface area contributed by atoms with Gasteiger partial charge in [0, 0.05) is 0 Å². The second-order valence-corrected chi connectivity index (χ2v) is 0.848. The summed E-state index contributed by atoms with van der Waals surface area (Å²) in [6.07, 6.45) is 0. The van der Waals surface area contributed by atoms with Crippen LogP contribution < -0.4 is 0 Å². The van der Waals surface area contributed by atoms with E-state index in [2.05, 4.69) is 0 Å². The molecule has 0 heterocycles. The van der Waals surface area contributed by atoms with E-state index < -0.39 is 8.25 Å². The Kier molecular flexibility index (Phi) is 52.8. The summed E-state index contributed by atoms with van der Waals surface area (Å²) >= 11 is 0. The lowest BCUT2D eigenvalue weighted by molar-refractivity contribution is 0.405. The predicted molar refractivity (Wildman–Crippen MR) is 46.0 cm³/mol. The van der Waals surface area contributed by atoms with Crippen LogP contribution >= 0.6 is 45.0 Å². The van der Waals surface area contributed by atoms with E-state index in [4.69, 9.17) is 14.4 Å². The van der Waals surface area contributed by atoms with E-state index in [1.54, 1.807) is 0 Å². The normalized spacial score (nSPS) is 5.00. The average molecular weight is 231 g/mol. The molecule has 0 radical (unpaired) electrons. The first kappa shape index (κ1) is 23.6. The molecule has 0 aromatic rings. The van der Waals surface area contributed by atoms with Crippen LogP contribution in [0, 0.1) is 0 Å². The summed E-state index contributed by atoms with van der Waals surface area (Å²) in [6, 6.07) is 0. The van der Waals surface area contributed by atoms with Crippen molar-refractivity contribution in [2.24, 2.45) is 0 Å². The highest BCUT2D eigenvalue weighted by molar-refractivity contribution is 8.93. The third-order valence-electron chi connectivity index (χ3n) is 0. The van der Waals surface area contributed by atoms with Crippen molar-refractivity contribution in [2.45, 2.75) is 0 Å². The van der Waals surface area contributed by atoms with Crippen molar-refractivity contribution in [2.75, 3.05) is 0 Å². The maximum Gasteiger partial charge on any atom is 0.314 e. The molecule has 0 aliphatic carbocycles. The van der Waals surface area contributed by atoms with Gasteiger partial charge in [-0.3, -0.25) is 4.57 Å². The van der Waals surface area contributed by atoms with Crippen LogP contribution in [0.15, 0.2) is 0 Å². The molecule has 0 aliphatic rings. The fourth-order valence-corrected chi connectivity index (χ4v) is 0. The van der Waals surface area contributed by atoms with Crippen LogP contribution in [0.4, 0.5) is 0 Å². The fourth-order valence-electron chi connectivity index (χ4n) is 0. The largest absolute Gasteiger partial charge is 0.326 e. The van der Waals surface area contributed by atoms with Crippen LogP contribution in [-0.4, -0.2) is 9.79 Å². The molecular weight excluding hydrogens is 221 g/mol. The molecule has 7 heteroatoms. The first-order valence-electron chi connectivity index (χ1n) is 0.651.